The normalized spacial score (nSPS) is 20.2. The SMILES string of the molecule is O=C(NCC1(C(=O)O)CCCCC1)C1CCN(c2nc3ccccc3o2)CC1. The van der Waals surface area contributed by atoms with Gasteiger partial charge in [0, 0.05) is 25.6 Å². The number of benzene rings is 1. The van der Waals surface area contributed by atoms with E-state index in [0.29, 0.717) is 44.8 Å². The van der Waals surface area contributed by atoms with Gasteiger partial charge in [-0.1, -0.05) is 31.4 Å². The molecular weight excluding hydrogens is 358 g/mol. The Hall–Kier alpha value is -2.57. The van der Waals surface area contributed by atoms with Crippen LogP contribution >= 0.6 is 0 Å². The third-order valence-corrected chi connectivity index (χ3v) is 6.28. The number of carboxylic acid groups (broad SMARTS) is 1. The number of aromatic nitrogens is 1. The zero-order valence-electron chi connectivity index (χ0n) is 16.0. The Morgan fingerprint density at radius 1 is 1.18 bits per heavy atom. The smallest absolute Gasteiger partial charge is 0.311 e. The molecule has 1 aromatic heterocycles. The number of nitrogens with one attached hydrogen (secondary N) is 1. The first-order valence-electron chi connectivity index (χ1n) is 10.2. The molecule has 150 valence electrons. The van der Waals surface area contributed by atoms with E-state index >= 15 is 0 Å². The van der Waals surface area contributed by atoms with Crippen molar-refractivity contribution in [1.29, 1.82) is 0 Å². The van der Waals surface area contributed by atoms with Gasteiger partial charge in [-0.3, -0.25) is 9.59 Å². The predicted octanol–water partition coefficient (Wildman–Crippen LogP) is 3.20. The Morgan fingerprint density at radius 2 is 1.89 bits per heavy atom. The molecule has 0 radical (unpaired) electrons. The van der Waals surface area contributed by atoms with Gasteiger partial charge in [0.25, 0.3) is 6.01 Å². The highest BCUT2D eigenvalue weighted by atomic mass is 16.4. The molecule has 1 aliphatic heterocycles. The van der Waals surface area contributed by atoms with E-state index in [-0.39, 0.29) is 18.4 Å². The van der Waals surface area contributed by atoms with Crippen LogP contribution < -0.4 is 10.2 Å². The largest absolute Gasteiger partial charge is 0.481 e. The maximum absolute atomic E-state index is 12.6. The lowest BCUT2D eigenvalue weighted by Gasteiger charge is -2.34. The van der Waals surface area contributed by atoms with Crippen molar-refractivity contribution in [3.05, 3.63) is 24.3 Å². The summed E-state index contributed by atoms with van der Waals surface area (Å²) in [7, 11) is 0. The van der Waals surface area contributed by atoms with Crippen molar-refractivity contribution >= 4 is 29.0 Å². The van der Waals surface area contributed by atoms with Crippen molar-refractivity contribution < 1.29 is 19.1 Å². The molecule has 0 atom stereocenters. The van der Waals surface area contributed by atoms with Crippen LogP contribution in [0.25, 0.3) is 11.1 Å². The van der Waals surface area contributed by atoms with E-state index in [1.54, 1.807) is 0 Å². The number of carbonyl (C=O) groups excluding carboxylic acids is 1. The average molecular weight is 385 g/mol. The van der Waals surface area contributed by atoms with Crippen molar-refractivity contribution in [2.45, 2.75) is 44.9 Å². The number of hydrogen-bond acceptors (Lipinski definition) is 5. The molecule has 2 fully saturated rings. The molecule has 2 aromatic rings. The van der Waals surface area contributed by atoms with E-state index in [1.165, 1.54) is 0 Å². The van der Waals surface area contributed by atoms with Gasteiger partial charge >= 0.3 is 5.97 Å². The number of aliphatic carboxylic acids is 1. The summed E-state index contributed by atoms with van der Waals surface area (Å²) >= 11 is 0. The van der Waals surface area contributed by atoms with Gasteiger partial charge < -0.3 is 19.7 Å². The topological polar surface area (TPSA) is 95.7 Å². The Bertz CT molecular complexity index is 815. The Labute approximate surface area is 164 Å². The lowest BCUT2D eigenvalue weighted by Crippen LogP contribution is -2.47. The number of nitrogens with zero attached hydrogens (tertiary/aromatic N) is 2. The van der Waals surface area contributed by atoms with Gasteiger partial charge in [-0.05, 0) is 37.8 Å². The lowest BCUT2D eigenvalue weighted by molar-refractivity contribution is -0.151. The van der Waals surface area contributed by atoms with Gasteiger partial charge in [0.2, 0.25) is 5.91 Å². The van der Waals surface area contributed by atoms with E-state index in [1.807, 2.05) is 24.3 Å². The second-order valence-electron chi connectivity index (χ2n) is 8.09. The summed E-state index contributed by atoms with van der Waals surface area (Å²) in [4.78, 5) is 31.0. The molecule has 2 aliphatic rings. The van der Waals surface area contributed by atoms with E-state index in [4.69, 9.17) is 4.42 Å². The third-order valence-electron chi connectivity index (χ3n) is 6.28. The van der Waals surface area contributed by atoms with Gasteiger partial charge in [0.15, 0.2) is 5.58 Å². The molecule has 0 unspecified atom stereocenters. The number of oxazole rings is 1. The lowest BCUT2D eigenvalue weighted by atomic mass is 9.74. The van der Waals surface area contributed by atoms with Gasteiger partial charge in [-0.2, -0.15) is 4.98 Å². The second-order valence-corrected chi connectivity index (χ2v) is 8.09. The first kappa shape index (κ1) is 18.8. The summed E-state index contributed by atoms with van der Waals surface area (Å²) in [6, 6.07) is 8.28. The molecule has 2 heterocycles. The van der Waals surface area contributed by atoms with Gasteiger partial charge in [-0.15, -0.1) is 0 Å². The number of amides is 1. The number of fused-ring (bicyclic) bond motifs is 1. The van der Waals surface area contributed by atoms with Crippen LogP contribution in [0.5, 0.6) is 0 Å². The molecule has 0 bridgehead atoms. The van der Waals surface area contributed by atoms with E-state index in [2.05, 4.69) is 15.2 Å². The van der Waals surface area contributed by atoms with Crippen molar-refractivity contribution in [2.75, 3.05) is 24.5 Å². The van der Waals surface area contributed by atoms with Crippen molar-refractivity contribution in [1.82, 2.24) is 10.3 Å². The van der Waals surface area contributed by atoms with Gasteiger partial charge in [0.1, 0.15) is 5.52 Å². The number of rotatable bonds is 5. The molecule has 28 heavy (non-hydrogen) atoms. The van der Waals surface area contributed by atoms with E-state index in [0.717, 1.165) is 30.4 Å². The molecule has 1 amide bonds. The minimum absolute atomic E-state index is 0.0246. The van der Waals surface area contributed by atoms with Gasteiger partial charge in [0.05, 0.1) is 5.41 Å². The first-order valence-corrected chi connectivity index (χ1v) is 10.2. The van der Waals surface area contributed by atoms with Gasteiger partial charge in [-0.25, -0.2) is 0 Å². The fourth-order valence-corrected chi connectivity index (χ4v) is 4.42. The molecule has 7 heteroatoms. The van der Waals surface area contributed by atoms with Crippen molar-refractivity contribution in [3.63, 3.8) is 0 Å². The van der Waals surface area contributed by atoms with E-state index < -0.39 is 11.4 Å². The number of carbonyl (C=O) groups is 2. The van der Waals surface area contributed by atoms with Crippen LogP contribution in [-0.4, -0.2) is 41.6 Å². The molecule has 2 N–H and O–H groups in total. The highest BCUT2D eigenvalue weighted by Crippen LogP contribution is 2.36. The van der Waals surface area contributed by atoms with Crippen LogP contribution in [0.15, 0.2) is 28.7 Å². The number of carboxylic acids is 1. The maximum atomic E-state index is 12.6. The predicted molar refractivity (Wildman–Crippen MR) is 105 cm³/mol. The minimum atomic E-state index is -0.785. The van der Waals surface area contributed by atoms with Crippen LogP contribution in [0, 0.1) is 11.3 Å². The Morgan fingerprint density at radius 3 is 2.57 bits per heavy atom. The fourth-order valence-electron chi connectivity index (χ4n) is 4.42. The number of piperidine rings is 1. The monoisotopic (exact) mass is 385 g/mol. The first-order chi connectivity index (χ1) is 13.6. The van der Waals surface area contributed by atoms with Crippen molar-refractivity contribution in [2.24, 2.45) is 11.3 Å². The highest BCUT2D eigenvalue weighted by Gasteiger charge is 2.40. The molecule has 4 rings (SSSR count). The summed E-state index contributed by atoms with van der Waals surface area (Å²) in [5, 5.41) is 12.6. The number of anilines is 1. The molecule has 1 saturated heterocycles. The molecule has 0 spiro atoms. The van der Waals surface area contributed by atoms with E-state index in [9.17, 15) is 14.7 Å². The Kier molecular flexibility index (Phi) is 5.24. The molecule has 7 nitrogen and oxygen atoms in total. The molecule has 1 saturated carbocycles. The highest BCUT2D eigenvalue weighted by molar-refractivity contribution is 5.81. The van der Waals surface area contributed by atoms with Crippen molar-refractivity contribution in [3.8, 4) is 0 Å². The number of para-hydroxylation sites is 2. The summed E-state index contributed by atoms with van der Waals surface area (Å²) in [6.07, 6.45) is 5.65. The van der Waals surface area contributed by atoms with Crippen LogP contribution in [-0.2, 0) is 9.59 Å². The van der Waals surface area contributed by atoms with Crippen LogP contribution in [0.3, 0.4) is 0 Å². The summed E-state index contributed by atoms with van der Waals surface area (Å²) in [6.45, 7) is 1.65. The third kappa shape index (κ3) is 3.70. The minimum Gasteiger partial charge on any atom is -0.481 e. The molecule has 1 aliphatic carbocycles. The molecule has 1 aromatic carbocycles. The van der Waals surface area contributed by atoms with Crippen LogP contribution in [0.4, 0.5) is 6.01 Å². The Balaban J connectivity index is 1.31. The summed E-state index contributed by atoms with van der Waals surface area (Å²) in [5.74, 6) is -0.892. The zero-order chi connectivity index (χ0) is 19.6. The molecular formula is C21H27N3O4. The van der Waals surface area contributed by atoms with Crippen LogP contribution in [0.2, 0.25) is 0 Å². The standard InChI is InChI=1S/C21H27N3O4/c25-18(22-14-21(19(26)27)10-4-1-5-11-21)15-8-12-24(13-9-15)20-23-16-6-2-3-7-17(16)28-20/h2-3,6-7,15H,1,4-5,8-14H2,(H,22,25)(H,26,27). The quantitative estimate of drug-likeness (QED) is 0.821. The fraction of sp³-hybridized carbons (Fsp3) is 0.571. The zero-order valence-corrected chi connectivity index (χ0v) is 16.0. The average Bonchev–Trinajstić information content (AvgIpc) is 3.17. The maximum Gasteiger partial charge on any atom is 0.311 e. The summed E-state index contributed by atoms with van der Waals surface area (Å²) < 4.78 is 5.82. The second kappa shape index (κ2) is 7.81. The number of hydrogen-bond donors (Lipinski definition) is 2. The van der Waals surface area contributed by atoms with Crippen LogP contribution in [0.1, 0.15) is 44.9 Å². The summed E-state index contributed by atoms with van der Waals surface area (Å²) in [5.41, 5.74) is 0.819.